The molecule has 0 spiro atoms. The fourth-order valence-corrected chi connectivity index (χ4v) is 2.67. The quantitative estimate of drug-likeness (QED) is 0.431. The summed E-state index contributed by atoms with van der Waals surface area (Å²) in [4.78, 5) is 11.3. The van der Waals surface area contributed by atoms with Crippen molar-refractivity contribution in [2.24, 2.45) is 0 Å². The number of ether oxygens (including phenoxy) is 2. The Kier molecular flexibility index (Phi) is 9.28. The van der Waals surface area contributed by atoms with E-state index >= 15 is 0 Å². The van der Waals surface area contributed by atoms with Crippen LogP contribution in [0.5, 0.6) is 0 Å². The van der Waals surface area contributed by atoms with Gasteiger partial charge in [-0.1, -0.05) is 6.92 Å². The largest absolute Gasteiger partial charge is 0.564 e. The lowest BCUT2D eigenvalue weighted by atomic mass is 10.5. The highest BCUT2D eigenvalue weighted by atomic mass is 28.4. The molecule has 102 valence electrons. The molecule has 0 aliphatic heterocycles. The zero-order valence-electron chi connectivity index (χ0n) is 11.0. The van der Waals surface area contributed by atoms with E-state index < -0.39 is 8.80 Å². The van der Waals surface area contributed by atoms with Crippen molar-refractivity contribution in [1.82, 2.24) is 0 Å². The highest BCUT2D eigenvalue weighted by molar-refractivity contribution is 6.60. The summed E-state index contributed by atoms with van der Waals surface area (Å²) < 4.78 is 25.9. The zero-order valence-corrected chi connectivity index (χ0v) is 12.0. The second kappa shape index (κ2) is 9.55. The van der Waals surface area contributed by atoms with Gasteiger partial charge in [0.05, 0.1) is 26.4 Å². The van der Waals surface area contributed by atoms with Crippen LogP contribution in [0.3, 0.4) is 0 Å². The number of rotatable bonds is 10. The van der Waals surface area contributed by atoms with Gasteiger partial charge >= 0.3 is 8.80 Å². The van der Waals surface area contributed by atoms with Crippen LogP contribution >= 0.6 is 0 Å². The highest BCUT2D eigenvalue weighted by Crippen LogP contribution is 2.10. The predicted octanol–water partition coefficient (Wildman–Crippen LogP) is 0.834. The van der Waals surface area contributed by atoms with E-state index in [-0.39, 0.29) is 5.97 Å². The maximum absolute atomic E-state index is 11.3. The van der Waals surface area contributed by atoms with Gasteiger partial charge in [-0.05, 0) is 0 Å². The van der Waals surface area contributed by atoms with Crippen LogP contribution in [0.25, 0.3) is 0 Å². The molecular weight excluding hydrogens is 244 g/mol. The first-order valence-electron chi connectivity index (χ1n) is 5.55. The third-order valence-corrected chi connectivity index (χ3v) is 3.95. The van der Waals surface area contributed by atoms with Crippen molar-refractivity contribution in [3.05, 3.63) is 0 Å². The van der Waals surface area contributed by atoms with Crippen molar-refractivity contribution >= 4 is 14.8 Å². The van der Waals surface area contributed by atoms with E-state index in [1.54, 1.807) is 27.7 Å². The van der Waals surface area contributed by atoms with Gasteiger partial charge in [0.2, 0.25) is 0 Å². The third-order valence-electron chi connectivity index (χ3n) is 1.89. The molecule has 0 aliphatic carbocycles. The Hall–Kier alpha value is -0.473. The maximum atomic E-state index is 11.3. The average molecular weight is 266 g/mol. The summed E-state index contributed by atoms with van der Waals surface area (Å²) in [5.41, 5.74) is 0. The van der Waals surface area contributed by atoms with E-state index in [1.165, 1.54) is 0 Å². The number of carbonyl (C=O) groups is 1. The smallest absolute Gasteiger partial charge is 0.473 e. The molecule has 0 saturated carbocycles. The molecule has 0 fully saturated rings. The Morgan fingerprint density at radius 1 is 1.00 bits per heavy atom. The van der Waals surface area contributed by atoms with Gasteiger partial charge in [-0.25, -0.2) is 0 Å². The molecule has 0 saturated heterocycles. The zero-order chi connectivity index (χ0) is 13.1. The van der Waals surface area contributed by atoms with Crippen molar-refractivity contribution in [2.45, 2.75) is 19.9 Å². The summed E-state index contributed by atoms with van der Waals surface area (Å²) in [6, 6.07) is 0. The van der Waals surface area contributed by atoms with E-state index in [2.05, 4.69) is 0 Å². The molecule has 6 nitrogen and oxygen atoms in total. The Balaban J connectivity index is 4.18. The van der Waals surface area contributed by atoms with E-state index in [0.29, 0.717) is 32.8 Å². The van der Waals surface area contributed by atoms with Crippen molar-refractivity contribution < 1.29 is 27.5 Å². The minimum atomic E-state index is -2.92. The van der Waals surface area contributed by atoms with Crippen molar-refractivity contribution in [3.63, 3.8) is 0 Å². The van der Waals surface area contributed by atoms with Crippen LogP contribution in [0.15, 0.2) is 0 Å². The summed E-state index contributed by atoms with van der Waals surface area (Å²) in [6.07, 6.45) is 0.296. The van der Waals surface area contributed by atoms with Crippen LogP contribution in [0, 0.1) is 0 Å². The standard InChI is InChI=1S/C10H22O6Si/c1-5-10(11)16-17(4,14-8-6-12-2)15-9-7-13-3/h5-9H2,1-4H3. The number of carbonyl (C=O) groups excluding carboxylic acids is 1. The van der Waals surface area contributed by atoms with Gasteiger partial charge in [0.1, 0.15) is 0 Å². The Morgan fingerprint density at radius 3 is 1.82 bits per heavy atom. The lowest BCUT2D eigenvalue weighted by molar-refractivity contribution is -0.139. The number of methoxy groups -OCH3 is 2. The Labute approximate surface area is 104 Å². The van der Waals surface area contributed by atoms with E-state index in [0.717, 1.165) is 0 Å². The number of hydrogen-bond acceptors (Lipinski definition) is 6. The van der Waals surface area contributed by atoms with Crippen LogP contribution in [-0.2, 0) is 27.5 Å². The predicted molar refractivity (Wildman–Crippen MR) is 63.7 cm³/mol. The molecule has 0 unspecified atom stereocenters. The van der Waals surface area contributed by atoms with E-state index in [9.17, 15) is 4.79 Å². The van der Waals surface area contributed by atoms with Crippen molar-refractivity contribution in [3.8, 4) is 0 Å². The van der Waals surface area contributed by atoms with E-state index in [1.807, 2.05) is 0 Å². The summed E-state index contributed by atoms with van der Waals surface area (Å²) in [5, 5.41) is 0. The topological polar surface area (TPSA) is 63.2 Å². The minimum Gasteiger partial charge on any atom is -0.473 e. The lowest BCUT2D eigenvalue weighted by Crippen LogP contribution is -2.45. The molecule has 0 N–H and O–H groups in total. The molecule has 0 aromatic heterocycles. The lowest BCUT2D eigenvalue weighted by Gasteiger charge is -2.25. The molecule has 0 bridgehead atoms. The first kappa shape index (κ1) is 16.5. The highest BCUT2D eigenvalue weighted by Gasteiger charge is 2.38. The van der Waals surface area contributed by atoms with Gasteiger partial charge in [0, 0.05) is 27.2 Å². The first-order valence-corrected chi connectivity index (χ1v) is 7.78. The monoisotopic (exact) mass is 266 g/mol. The molecule has 0 aromatic carbocycles. The SMILES string of the molecule is CCC(=O)O[Si](C)(OCCOC)OCCOC. The minimum absolute atomic E-state index is 0.296. The fraction of sp³-hybridized carbons (Fsp3) is 0.900. The summed E-state index contributed by atoms with van der Waals surface area (Å²) >= 11 is 0. The van der Waals surface area contributed by atoms with Crippen molar-refractivity contribution in [2.75, 3.05) is 40.6 Å². The molecule has 0 aliphatic rings. The molecule has 17 heavy (non-hydrogen) atoms. The molecule has 0 atom stereocenters. The second-order valence-electron chi connectivity index (χ2n) is 3.37. The second-order valence-corrected chi connectivity index (χ2v) is 5.88. The van der Waals surface area contributed by atoms with Crippen LogP contribution in [0.1, 0.15) is 13.3 Å². The van der Waals surface area contributed by atoms with Crippen molar-refractivity contribution in [1.29, 1.82) is 0 Å². The van der Waals surface area contributed by atoms with Gasteiger partial charge in [-0.3, -0.25) is 4.79 Å². The molecular formula is C10H22O6Si. The summed E-state index contributed by atoms with van der Waals surface area (Å²) in [7, 11) is 0.233. The maximum Gasteiger partial charge on any atom is 0.564 e. The van der Waals surface area contributed by atoms with E-state index in [4.69, 9.17) is 22.8 Å². The van der Waals surface area contributed by atoms with Crippen LogP contribution in [0.2, 0.25) is 6.55 Å². The Morgan fingerprint density at radius 2 is 1.47 bits per heavy atom. The first-order chi connectivity index (χ1) is 8.08. The fourth-order valence-electron chi connectivity index (χ4n) is 1.00. The van der Waals surface area contributed by atoms with Gasteiger partial charge in [-0.2, -0.15) is 0 Å². The molecule has 7 heteroatoms. The normalized spacial score (nSPS) is 11.5. The van der Waals surface area contributed by atoms with Crippen LogP contribution in [0.4, 0.5) is 0 Å². The molecule has 0 heterocycles. The number of hydrogen-bond donors (Lipinski definition) is 0. The molecule has 0 rings (SSSR count). The summed E-state index contributed by atoms with van der Waals surface area (Å²) in [6.45, 7) is 4.94. The average Bonchev–Trinajstić information content (AvgIpc) is 2.29. The van der Waals surface area contributed by atoms with Gasteiger partial charge < -0.3 is 22.8 Å². The molecule has 0 aromatic rings. The molecule has 0 amide bonds. The van der Waals surface area contributed by atoms with Gasteiger partial charge in [0.15, 0.2) is 0 Å². The molecule has 0 radical (unpaired) electrons. The summed E-state index contributed by atoms with van der Waals surface area (Å²) in [5.74, 6) is -0.325. The van der Waals surface area contributed by atoms with Gasteiger partial charge in [-0.15, -0.1) is 0 Å². The Bertz CT molecular complexity index is 201. The third kappa shape index (κ3) is 8.28. The van der Waals surface area contributed by atoms with Gasteiger partial charge in [0.25, 0.3) is 5.97 Å². The van der Waals surface area contributed by atoms with Crippen LogP contribution in [-0.4, -0.2) is 55.4 Å². The van der Waals surface area contributed by atoms with Crippen LogP contribution < -0.4 is 0 Å².